The second-order valence-corrected chi connectivity index (χ2v) is 4.91. The van der Waals surface area contributed by atoms with Crippen molar-refractivity contribution in [1.29, 1.82) is 0 Å². The van der Waals surface area contributed by atoms with Gasteiger partial charge in [0.05, 0.1) is 6.21 Å². The average Bonchev–Trinajstić information content (AvgIpc) is 2.53. The Morgan fingerprint density at radius 3 is 1.83 bits per heavy atom. The minimum absolute atomic E-state index is 0. The number of halogens is 6. The van der Waals surface area contributed by atoms with E-state index in [2.05, 4.69) is 5.10 Å². The number of hydrogen-bond acceptors (Lipinski definition) is 2. The van der Waals surface area contributed by atoms with Gasteiger partial charge in [0.1, 0.15) is 0 Å². The van der Waals surface area contributed by atoms with E-state index in [-0.39, 0.29) is 7.43 Å². The highest BCUT2D eigenvalue weighted by atomic mass is 35.5. The Kier molecular flexibility index (Phi) is 8.39. The van der Waals surface area contributed by atoms with Crippen molar-refractivity contribution in [2.75, 3.05) is 0 Å². The molecule has 0 aliphatic carbocycles. The summed E-state index contributed by atoms with van der Waals surface area (Å²) in [6.07, 6.45) is 1.54. The predicted molar refractivity (Wildman–Crippen MR) is 85.7 cm³/mol. The van der Waals surface area contributed by atoms with Crippen LogP contribution in [0.4, 0.5) is 22.0 Å². The van der Waals surface area contributed by atoms with Gasteiger partial charge in [0, 0.05) is 16.1 Å². The van der Waals surface area contributed by atoms with E-state index in [4.69, 9.17) is 17.4 Å². The summed E-state index contributed by atoms with van der Waals surface area (Å²) in [6, 6.07) is 5.70. The van der Waals surface area contributed by atoms with Crippen molar-refractivity contribution in [3.63, 3.8) is 0 Å². The number of rotatable bonds is 1. The van der Waals surface area contributed by atoms with E-state index in [0.717, 1.165) is 18.1 Å². The van der Waals surface area contributed by atoms with Crippen LogP contribution in [-0.2, 0) is 0 Å². The van der Waals surface area contributed by atoms with Crippen LogP contribution in [0, 0.1) is 42.9 Å². The summed E-state index contributed by atoms with van der Waals surface area (Å²) >= 11 is 5.83. The molecular weight excluding hydrogens is 351 g/mol. The monoisotopic (exact) mass is 366 g/mol. The van der Waals surface area contributed by atoms with E-state index < -0.39 is 34.6 Å². The van der Waals surface area contributed by atoms with Crippen LogP contribution < -0.4 is 5.84 Å². The topological polar surface area (TPSA) is 38.4 Å². The van der Waals surface area contributed by atoms with E-state index in [9.17, 15) is 22.0 Å². The second-order valence-electron chi connectivity index (χ2n) is 4.50. The largest absolute Gasteiger partial charge is 0.323 e. The second kappa shape index (κ2) is 9.22. The van der Waals surface area contributed by atoms with Crippen LogP contribution in [0.1, 0.15) is 24.1 Å². The Labute approximate surface area is 141 Å². The number of nitrogens with two attached hydrogens (primary N) is 1. The zero-order valence-electron chi connectivity index (χ0n) is 12.1. The smallest absolute Gasteiger partial charge is 0.200 e. The van der Waals surface area contributed by atoms with Gasteiger partial charge in [-0.05, 0) is 26.0 Å². The first-order chi connectivity index (χ1) is 10.7. The van der Waals surface area contributed by atoms with Crippen molar-refractivity contribution < 1.29 is 22.0 Å². The first-order valence-corrected chi connectivity index (χ1v) is 6.55. The van der Waals surface area contributed by atoms with Crippen LogP contribution in [0.5, 0.6) is 0 Å². The van der Waals surface area contributed by atoms with Crippen molar-refractivity contribution in [2.45, 2.75) is 21.3 Å². The third-order valence-electron chi connectivity index (χ3n) is 2.79. The summed E-state index contributed by atoms with van der Waals surface area (Å²) in [4.78, 5) is 0. The van der Waals surface area contributed by atoms with Gasteiger partial charge in [-0.1, -0.05) is 30.7 Å². The quantitative estimate of drug-likeness (QED) is 0.183. The molecule has 24 heavy (non-hydrogen) atoms. The van der Waals surface area contributed by atoms with Crippen molar-refractivity contribution in [2.24, 2.45) is 10.9 Å². The van der Waals surface area contributed by atoms with Crippen LogP contribution in [0.25, 0.3) is 0 Å². The molecule has 0 atom stereocenters. The zero-order valence-corrected chi connectivity index (χ0v) is 12.9. The molecule has 2 aromatic carbocycles. The van der Waals surface area contributed by atoms with Crippen molar-refractivity contribution >= 4 is 17.8 Å². The summed E-state index contributed by atoms with van der Waals surface area (Å²) in [5, 5.41) is 4.07. The maximum Gasteiger partial charge on any atom is 0.200 e. The molecule has 2 rings (SSSR count). The molecule has 0 fully saturated rings. The van der Waals surface area contributed by atoms with Crippen LogP contribution in [-0.4, -0.2) is 6.21 Å². The number of benzene rings is 2. The molecule has 0 unspecified atom stereocenters. The van der Waals surface area contributed by atoms with Gasteiger partial charge in [-0.15, -0.1) is 0 Å². The summed E-state index contributed by atoms with van der Waals surface area (Å²) < 4.78 is 61.6. The van der Waals surface area contributed by atoms with Gasteiger partial charge in [-0.25, -0.2) is 22.0 Å². The first kappa shape index (κ1) is 21.9. The van der Waals surface area contributed by atoms with Gasteiger partial charge < -0.3 is 5.84 Å². The SMILES string of the molecule is C.Cc1c(F)c(F)c(F)c(F)c1F.Cc1ccc(Cl)c(/C=N/N)c1. The first-order valence-electron chi connectivity index (χ1n) is 6.18. The normalized spacial score (nSPS) is 10.2. The van der Waals surface area contributed by atoms with E-state index in [1.54, 1.807) is 0 Å². The lowest BCUT2D eigenvalue weighted by atomic mass is 10.1. The Morgan fingerprint density at radius 1 is 0.917 bits per heavy atom. The van der Waals surface area contributed by atoms with Gasteiger partial charge in [-0.3, -0.25) is 0 Å². The lowest BCUT2D eigenvalue weighted by Gasteiger charge is -2.02. The van der Waals surface area contributed by atoms with Gasteiger partial charge in [-0.2, -0.15) is 5.10 Å². The van der Waals surface area contributed by atoms with Gasteiger partial charge in [0.2, 0.25) is 5.82 Å². The molecule has 0 amide bonds. The fourth-order valence-electron chi connectivity index (χ4n) is 1.56. The average molecular weight is 367 g/mol. The minimum Gasteiger partial charge on any atom is -0.323 e. The molecule has 0 saturated heterocycles. The summed E-state index contributed by atoms with van der Waals surface area (Å²) in [6.45, 7) is 2.81. The predicted octanol–water partition coefficient (Wildman–Crippen LogP) is 5.27. The zero-order chi connectivity index (χ0) is 17.7. The third kappa shape index (κ3) is 4.92. The third-order valence-corrected chi connectivity index (χ3v) is 3.14. The van der Waals surface area contributed by atoms with Gasteiger partial charge in [0.25, 0.3) is 0 Å². The maximum absolute atomic E-state index is 12.4. The standard InChI is InChI=1S/C8H9ClN2.C7H3F5.CH4/c1-6-2-3-8(9)7(4-6)5-11-10;1-2-3(8)5(10)7(12)6(11)4(2)9;/h2-5H,10H2,1H3;1H3;1H4/b11-5+;;. The number of aryl methyl sites for hydroxylation is 1. The lowest BCUT2D eigenvalue weighted by molar-refractivity contribution is 0.373. The van der Waals surface area contributed by atoms with Crippen molar-refractivity contribution in [3.8, 4) is 0 Å². The highest BCUT2D eigenvalue weighted by Gasteiger charge is 2.22. The molecule has 0 radical (unpaired) electrons. The molecule has 132 valence electrons. The Morgan fingerprint density at radius 2 is 1.38 bits per heavy atom. The van der Waals surface area contributed by atoms with Gasteiger partial charge in [0.15, 0.2) is 23.3 Å². The Balaban J connectivity index is 0.000000425. The fraction of sp³-hybridized carbons (Fsp3) is 0.188. The van der Waals surface area contributed by atoms with Gasteiger partial charge >= 0.3 is 0 Å². The molecule has 0 heterocycles. The molecule has 2 aromatic rings. The Bertz CT molecular complexity index is 643. The van der Waals surface area contributed by atoms with E-state index >= 15 is 0 Å². The molecule has 2 nitrogen and oxygen atoms in total. The van der Waals surface area contributed by atoms with Crippen LogP contribution in [0.2, 0.25) is 5.02 Å². The number of nitrogens with zero attached hydrogens (tertiary/aromatic N) is 1. The molecule has 0 saturated carbocycles. The minimum atomic E-state index is -2.13. The van der Waals surface area contributed by atoms with Crippen molar-refractivity contribution in [3.05, 3.63) is 69.0 Å². The summed E-state index contributed by atoms with van der Waals surface area (Å²) in [7, 11) is 0. The lowest BCUT2D eigenvalue weighted by Crippen LogP contribution is -2.03. The molecule has 0 aliphatic rings. The van der Waals surface area contributed by atoms with Crippen LogP contribution >= 0.6 is 11.6 Å². The highest BCUT2D eigenvalue weighted by Crippen LogP contribution is 2.21. The highest BCUT2D eigenvalue weighted by molar-refractivity contribution is 6.33. The van der Waals surface area contributed by atoms with E-state index in [0.29, 0.717) is 5.02 Å². The molecule has 2 N–H and O–H groups in total. The number of hydrogen-bond donors (Lipinski definition) is 1. The molecule has 0 aromatic heterocycles. The summed E-state index contributed by atoms with van der Waals surface area (Å²) in [5.41, 5.74) is 1.13. The van der Waals surface area contributed by atoms with Crippen LogP contribution in [0.3, 0.4) is 0 Å². The summed E-state index contributed by atoms with van der Waals surface area (Å²) in [5.74, 6) is -4.53. The molecule has 0 spiro atoms. The molecular formula is C16H16ClF5N2. The fourth-order valence-corrected chi connectivity index (χ4v) is 1.72. The number of hydrazone groups is 1. The molecule has 8 heteroatoms. The maximum atomic E-state index is 12.4. The van der Waals surface area contributed by atoms with Crippen molar-refractivity contribution in [1.82, 2.24) is 0 Å². The van der Waals surface area contributed by atoms with E-state index in [1.165, 1.54) is 6.21 Å². The van der Waals surface area contributed by atoms with E-state index in [1.807, 2.05) is 25.1 Å². The molecule has 0 bridgehead atoms. The van der Waals surface area contributed by atoms with Crippen LogP contribution in [0.15, 0.2) is 23.3 Å². The molecule has 0 aliphatic heterocycles. The Hall–Kier alpha value is -2.15.